The van der Waals surface area contributed by atoms with Crippen molar-refractivity contribution in [1.29, 1.82) is 0 Å². The van der Waals surface area contributed by atoms with Crippen LogP contribution in [-0.2, 0) is 11.3 Å². The van der Waals surface area contributed by atoms with Crippen molar-refractivity contribution < 1.29 is 4.79 Å². The molecule has 1 saturated carbocycles. The predicted octanol–water partition coefficient (Wildman–Crippen LogP) is 2.09. The Morgan fingerprint density at radius 1 is 1.13 bits per heavy atom. The van der Waals surface area contributed by atoms with Gasteiger partial charge in [-0.25, -0.2) is 9.97 Å². The summed E-state index contributed by atoms with van der Waals surface area (Å²) in [6, 6.07) is 1.85. The second-order valence-corrected chi connectivity index (χ2v) is 7.56. The van der Waals surface area contributed by atoms with Crippen LogP contribution in [0.1, 0.15) is 44.3 Å². The molecule has 1 aromatic rings. The minimum Gasteiger partial charge on any atom is -0.342 e. The van der Waals surface area contributed by atoms with Gasteiger partial charge in [-0.15, -0.1) is 0 Å². The molecule has 0 unspecified atom stereocenters. The molecule has 1 aliphatic carbocycles. The van der Waals surface area contributed by atoms with Gasteiger partial charge in [0.25, 0.3) is 0 Å². The molecule has 5 nitrogen and oxygen atoms in total. The number of piperidine rings is 1. The summed E-state index contributed by atoms with van der Waals surface area (Å²) in [5, 5.41) is 0. The van der Waals surface area contributed by atoms with E-state index >= 15 is 0 Å². The standard InChI is InChI=1S/C18H26N4O/c23-17-18(6-2-10-22(17)12-15-4-1-5-15)7-11-21(14-18)13-16-19-8-3-9-20-16/h3,8-9,15H,1-2,4-7,10-14H2/t18-/m1/s1. The Balaban J connectivity index is 1.40. The van der Waals surface area contributed by atoms with E-state index in [4.69, 9.17) is 0 Å². The lowest BCUT2D eigenvalue weighted by molar-refractivity contribution is -0.146. The number of likely N-dealkylation sites (tertiary alicyclic amines) is 2. The first-order valence-corrected chi connectivity index (χ1v) is 9.03. The Hall–Kier alpha value is -1.49. The number of hydrogen-bond donors (Lipinski definition) is 0. The lowest BCUT2D eigenvalue weighted by atomic mass is 9.77. The van der Waals surface area contributed by atoms with Crippen LogP contribution < -0.4 is 0 Å². The van der Waals surface area contributed by atoms with E-state index in [1.165, 1.54) is 19.3 Å². The van der Waals surface area contributed by atoms with Gasteiger partial charge in [-0.2, -0.15) is 0 Å². The van der Waals surface area contributed by atoms with Crippen molar-refractivity contribution in [3.05, 3.63) is 24.3 Å². The number of carbonyl (C=O) groups is 1. The van der Waals surface area contributed by atoms with Gasteiger partial charge in [0.05, 0.1) is 12.0 Å². The lowest BCUT2D eigenvalue weighted by Crippen LogP contribution is -2.51. The summed E-state index contributed by atoms with van der Waals surface area (Å²) in [4.78, 5) is 26.3. The minimum absolute atomic E-state index is 0.128. The average Bonchev–Trinajstić information content (AvgIpc) is 2.92. The van der Waals surface area contributed by atoms with E-state index in [2.05, 4.69) is 19.8 Å². The summed E-state index contributed by atoms with van der Waals surface area (Å²) >= 11 is 0. The molecular formula is C18H26N4O. The highest BCUT2D eigenvalue weighted by Gasteiger charge is 2.48. The fourth-order valence-corrected chi connectivity index (χ4v) is 4.40. The van der Waals surface area contributed by atoms with Crippen LogP contribution in [-0.4, -0.2) is 51.9 Å². The van der Waals surface area contributed by atoms with Gasteiger partial charge >= 0.3 is 0 Å². The first kappa shape index (κ1) is 15.1. The van der Waals surface area contributed by atoms with Crippen molar-refractivity contribution in [2.24, 2.45) is 11.3 Å². The maximum Gasteiger partial charge on any atom is 0.230 e. The number of nitrogens with zero attached hydrogens (tertiary/aromatic N) is 4. The molecule has 0 aromatic carbocycles. The van der Waals surface area contributed by atoms with Crippen LogP contribution in [0.25, 0.3) is 0 Å². The molecule has 23 heavy (non-hydrogen) atoms. The molecule has 5 heteroatoms. The summed E-state index contributed by atoms with van der Waals surface area (Å²) < 4.78 is 0. The Bertz CT molecular complexity index is 559. The van der Waals surface area contributed by atoms with Gasteiger partial charge in [-0.05, 0) is 50.6 Å². The van der Waals surface area contributed by atoms with Crippen molar-refractivity contribution in [2.45, 2.75) is 45.1 Å². The van der Waals surface area contributed by atoms with Crippen LogP contribution in [0, 0.1) is 11.3 Å². The third-order valence-corrected chi connectivity index (χ3v) is 5.94. The van der Waals surface area contributed by atoms with Gasteiger partial charge in [0.1, 0.15) is 5.82 Å². The second-order valence-electron chi connectivity index (χ2n) is 7.56. The molecule has 3 fully saturated rings. The molecular weight excluding hydrogens is 288 g/mol. The molecule has 1 aromatic heterocycles. The maximum absolute atomic E-state index is 13.1. The zero-order valence-electron chi connectivity index (χ0n) is 13.8. The van der Waals surface area contributed by atoms with Crippen LogP contribution in [0.4, 0.5) is 0 Å². The number of amides is 1. The van der Waals surface area contributed by atoms with Crippen molar-refractivity contribution in [2.75, 3.05) is 26.2 Å². The number of rotatable bonds is 4. The van der Waals surface area contributed by atoms with E-state index in [1.807, 2.05) is 6.07 Å². The summed E-state index contributed by atoms with van der Waals surface area (Å²) in [5.41, 5.74) is -0.128. The quantitative estimate of drug-likeness (QED) is 0.854. The minimum atomic E-state index is -0.128. The van der Waals surface area contributed by atoms with E-state index in [1.54, 1.807) is 12.4 Å². The fourth-order valence-electron chi connectivity index (χ4n) is 4.40. The Kier molecular flexibility index (Phi) is 4.05. The second kappa shape index (κ2) is 6.19. The van der Waals surface area contributed by atoms with Crippen molar-refractivity contribution >= 4 is 5.91 Å². The predicted molar refractivity (Wildman–Crippen MR) is 87.5 cm³/mol. The highest BCUT2D eigenvalue weighted by Crippen LogP contribution is 2.41. The van der Waals surface area contributed by atoms with Crippen LogP contribution in [0.3, 0.4) is 0 Å². The van der Waals surface area contributed by atoms with Crippen molar-refractivity contribution in [3.8, 4) is 0 Å². The highest BCUT2D eigenvalue weighted by molar-refractivity contribution is 5.84. The van der Waals surface area contributed by atoms with Crippen LogP contribution in [0.5, 0.6) is 0 Å². The first-order chi connectivity index (χ1) is 11.3. The van der Waals surface area contributed by atoms with Crippen LogP contribution in [0.15, 0.2) is 18.5 Å². The molecule has 1 atom stereocenters. The van der Waals surface area contributed by atoms with Gasteiger partial charge in [0.15, 0.2) is 0 Å². The smallest absolute Gasteiger partial charge is 0.230 e. The fraction of sp³-hybridized carbons (Fsp3) is 0.722. The average molecular weight is 314 g/mol. The monoisotopic (exact) mass is 314 g/mol. The van der Waals surface area contributed by atoms with E-state index in [0.29, 0.717) is 5.91 Å². The molecule has 0 N–H and O–H groups in total. The van der Waals surface area contributed by atoms with Gasteiger partial charge in [0.2, 0.25) is 5.91 Å². The van der Waals surface area contributed by atoms with E-state index in [9.17, 15) is 4.79 Å². The Labute approximate surface area is 138 Å². The largest absolute Gasteiger partial charge is 0.342 e. The summed E-state index contributed by atoms with van der Waals surface area (Å²) in [7, 11) is 0. The molecule has 0 bridgehead atoms. The van der Waals surface area contributed by atoms with Gasteiger partial charge in [-0.1, -0.05) is 6.42 Å². The highest BCUT2D eigenvalue weighted by atomic mass is 16.2. The van der Waals surface area contributed by atoms with E-state index < -0.39 is 0 Å². The molecule has 1 spiro atoms. The third-order valence-electron chi connectivity index (χ3n) is 5.94. The van der Waals surface area contributed by atoms with Crippen molar-refractivity contribution in [1.82, 2.24) is 19.8 Å². The topological polar surface area (TPSA) is 49.3 Å². The van der Waals surface area contributed by atoms with Crippen molar-refractivity contribution in [3.63, 3.8) is 0 Å². The molecule has 4 rings (SSSR count). The molecule has 2 saturated heterocycles. The lowest BCUT2D eigenvalue weighted by Gasteiger charge is -2.42. The Morgan fingerprint density at radius 2 is 1.96 bits per heavy atom. The van der Waals surface area contributed by atoms with Crippen LogP contribution >= 0.6 is 0 Å². The molecule has 124 valence electrons. The Morgan fingerprint density at radius 3 is 2.70 bits per heavy atom. The molecule has 3 heterocycles. The van der Waals surface area contributed by atoms with E-state index in [0.717, 1.165) is 63.7 Å². The van der Waals surface area contributed by atoms with E-state index in [-0.39, 0.29) is 5.41 Å². The molecule has 1 amide bonds. The maximum atomic E-state index is 13.1. The van der Waals surface area contributed by atoms with Crippen LogP contribution in [0.2, 0.25) is 0 Å². The summed E-state index contributed by atoms with van der Waals surface area (Å²) in [6.07, 6.45) is 10.8. The SMILES string of the molecule is O=C1N(CC2CCC2)CCC[C@]12CCN(Cc1ncccn1)C2. The zero-order valence-corrected chi connectivity index (χ0v) is 13.8. The van der Waals surface area contributed by atoms with Gasteiger partial charge in [0, 0.05) is 32.0 Å². The molecule has 2 aliphatic heterocycles. The summed E-state index contributed by atoms with van der Waals surface area (Å²) in [5.74, 6) is 2.05. The van der Waals surface area contributed by atoms with Gasteiger partial charge in [-0.3, -0.25) is 9.69 Å². The zero-order chi connectivity index (χ0) is 15.7. The summed E-state index contributed by atoms with van der Waals surface area (Å²) in [6.45, 7) is 4.60. The first-order valence-electron chi connectivity index (χ1n) is 9.03. The number of aromatic nitrogens is 2. The molecule has 3 aliphatic rings. The molecule has 0 radical (unpaired) electrons. The number of carbonyl (C=O) groups excluding carboxylic acids is 1. The van der Waals surface area contributed by atoms with Gasteiger partial charge < -0.3 is 4.90 Å². The third kappa shape index (κ3) is 2.99. The normalized spacial score (nSPS) is 29.2. The number of hydrogen-bond acceptors (Lipinski definition) is 4.